The van der Waals surface area contributed by atoms with Gasteiger partial charge >= 0.3 is 0 Å². The summed E-state index contributed by atoms with van der Waals surface area (Å²) in [4.78, 5) is 16.0. The van der Waals surface area contributed by atoms with Gasteiger partial charge < -0.3 is 0 Å². The molecule has 5 aliphatic rings. The number of nitrogens with zero attached hydrogens (tertiary/aromatic N) is 3. The van der Waals surface area contributed by atoms with E-state index >= 15 is 0 Å². The summed E-state index contributed by atoms with van der Waals surface area (Å²) in [6.07, 6.45) is 6.72. The summed E-state index contributed by atoms with van der Waals surface area (Å²) in [6, 6.07) is 65.2. The van der Waals surface area contributed by atoms with Gasteiger partial charge in [0, 0.05) is 62.4 Å². The van der Waals surface area contributed by atoms with Crippen LogP contribution in [0.2, 0.25) is 0 Å². The summed E-state index contributed by atoms with van der Waals surface area (Å²) in [6.45, 7) is 0. The summed E-state index contributed by atoms with van der Waals surface area (Å²) >= 11 is 3.79. The van der Waals surface area contributed by atoms with Gasteiger partial charge in [0.05, 0.1) is 0 Å². The fraction of sp³-hybridized carbons (Fsp3) is 0.164. The van der Waals surface area contributed by atoms with Crippen molar-refractivity contribution in [3.8, 4) is 67.5 Å². The second kappa shape index (κ2) is 14.1. The van der Waals surface area contributed by atoms with E-state index in [0.29, 0.717) is 23.5 Å². The molecule has 0 aliphatic heterocycles. The average molecular weight is 882 g/mol. The van der Waals surface area contributed by atoms with Crippen LogP contribution in [0.3, 0.4) is 0 Å². The molecule has 0 unspecified atom stereocenters. The molecule has 3 heterocycles. The van der Waals surface area contributed by atoms with Crippen LogP contribution in [-0.4, -0.2) is 15.0 Å². The van der Waals surface area contributed by atoms with Crippen molar-refractivity contribution in [1.82, 2.24) is 15.0 Å². The van der Waals surface area contributed by atoms with Crippen LogP contribution in [0.25, 0.3) is 108 Å². The highest BCUT2D eigenvalue weighted by molar-refractivity contribution is 7.26. The average Bonchev–Trinajstić information content (AvgIpc) is 4.04. The molecule has 66 heavy (non-hydrogen) atoms. The van der Waals surface area contributed by atoms with Crippen molar-refractivity contribution < 1.29 is 0 Å². The Morgan fingerprint density at radius 3 is 1.64 bits per heavy atom. The summed E-state index contributed by atoms with van der Waals surface area (Å²) in [5.74, 6) is 5.07. The monoisotopic (exact) mass is 881 g/mol. The summed E-state index contributed by atoms with van der Waals surface area (Å²) in [7, 11) is 0. The molecule has 5 aliphatic carbocycles. The molecule has 16 rings (SSSR count). The Morgan fingerprint density at radius 1 is 0.364 bits per heavy atom. The molecular weight excluding hydrogens is 839 g/mol. The third kappa shape index (κ3) is 5.39. The molecule has 314 valence electrons. The zero-order valence-electron chi connectivity index (χ0n) is 36.2. The van der Waals surface area contributed by atoms with E-state index in [1.165, 1.54) is 106 Å². The van der Waals surface area contributed by atoms with E-state index in [1.54, 1.807) is 5.56 Å². The van der Waals surface area contributed by atoms with Gasteiger partial charge in [-0.1, -0.05) is 140 Å². The maximum atomic E-state index is 5.42. The standard InChI is InChI=1S/C61H43N3S2/c1-2-11-37(12-3-1)58-62-59(40-14-8-13-38(32-40)44-17-10-22-55-56(44)50-16-5-7-21-54(50)65-55)64-60(63-58)41-24-26-47-46-25-23-39(45-18-9-19-49-48-15-4-6-20-53(48)66-57(45)49)33-51(46)61(52(47)34-41)42-28-35-27-36(30-42)31-43(61)29-35/h1-26,32-36,42-43H,27-31H2. The third-order valence-corrected chi connectivity index (χ3v) is 18.5. The van der Waals surface area contributed by atoms with Crippen molar-refractivity contribution in [2.24, 2.45) is 23.7 Å². The smallest absolute Gasteiger partial charge is 0.164 e. The summed E-state index contributed by atoms with van der Waals surface area (Å²) in [5.41, 5.74) is 14.0. The van der Waals surface area contributed by atoms with Gasteiger partial charge in [-0.05, 0) is 137 Å². The van der Waals surface area contributed by atoms with E-state index in [-0.39, 0.29) is 5.41 Å². The second-order valence-electron chi connectivity index (χ2n) is 19.5. The predicted octanol–water partition coefficient (Wildman–Crippen LogP) is 16.7. The van der Waals surface area contributed by atoms with E-state index in [0.717, 1.165) is 39.9 Å². The Balaban J connectivity index is 0.898. The van der Waals surface area contributed by atoms with Crippen molar-refractivity contribution in [2.45, 2.75) is 37.5 Å². The number of thiophene rings is 2. The molecule has 8 aromatic carbocycles. The zero-order chi connectivity index (χ0) is 43.1. The van der Waals surface area contributed by atoms with Crippen LogP contribution in [0.5, 0.6) is 0 Å². The van der Waals surface area contributed by atoms with Crippen molar-refractivity contribution in [3.05, 3.63) is 187 Å². The Kier molecular flexibility index (Phi) is 8.00. The lowest BCUT2D eigenvalue weighted by Gasteiger charge is -2.61. The molecule has 4 bridgehead atoms. The van der Waals surface area contributed by atoms with E-state index < -0.39 is 0 Å². The number of aromatic nitrogens is 3. The first-order valence-electron chi connectivity index (χ1n) is 23.7. The molecule has 0 N–H and O–H groups in total. The largest absolute Gasteiger partial charge is 0.208 e. The first-order chi connectivity index (χ1) is 32.6. The minimum Gasteiger partial charge on any atom is -0.208 e. The lowest BCUT2D eigenvalue weighted by atomic mass is 9.43. The molecule has 1 spiro atoms. The Morgan fingerprint density at radius 2 is 0.879 bits per heavy atom. The highest BCUT2D eigenvalue weighted by Crippen LogP contribution is 2.70. The van der Waals surface area contributed by atoms with Gasteiger partial charge in [-0.2, -0.15) is 0 Å². The Labute approximate surface area is 391 Å². The second-order valence-corrected chi connectivity index (χ2v) is 21.6. The SMILES string of the molecule is c1ccc(-c2nc(-c3cccc(-c4cccc5sc6ccccc6c45)c3)nc(-c3ccc4c(c3)C3(c5cc(-c6cccc7c6sc6ccccc67)ccc5-4)C4CC5CC(C4)CC3C5)n2)cc1. The van der Waals surface area contributed by atoms with Crippen molar-refractivity contribution in [1.29, 1.82) is 0 Å². The third-order valence-electron chi connectivity index (χ3n) is 16.1. The molecule has 0 atom stereocenters. The minimum absolute atomic E-state index is 0.0303. The van der Waals surface area contributed by atoms with E-state index in [1.807, 2.05) is 22.7 Å². The molecule has 0 saturated heterocycles. The highest BCUT2D eigenvalue weighted by Gasteiger charge is 2.61. The highest BCUT2D eigenvalue weighted by atomic mass is 32.1. The first kappa shape index (κ1) is 37.4. The molecule has 4 fully saturated rings. The lowest BCUT2D eigenvalue weighted by molar-refractivity contribution is -0.0399. The molecule has 4 saturated carbocycles. The maximum absolute atomic E-state index is 5.42. The number of hydrogen-bond acceptors (Lipinski definition) is 5. The van der Waals surface area contributed by atoms with E-state index in [9.17, 15) is 0 Å². The first-order valence-corrected chi connectivity index (χ1v) is 25.3. The fourth-order valence-corrected chi connectivity index (χ4v) is 16.0. The molecule has 11 aromatic rings. The Hall–Kier alpha value is -6.79. The number of rotatable bonds is 5. The maximum Gasteiger partial charge on any atom is 0.164 e. The van der Waals surface area contributed by atoms with Gasteiger partial charge in [-0.15, -0.1) is 22.7 Å². The van der Waals surface area contributed by atoms with Crippen molar-refractivity contribution in [2.75, 3.05) is 0 Å². The van der Waals surface area contributed by atoms with Gasteiger partial charge in [0.15, 0.2) is 17.5 Å². The van der Waals surface area contributed by atoms with Crippen LogP contribution in [0.4, 0.5) is 0 Å². The van der Waals surface area contributed by atoms with E-state index in [2.05, 4.69) is 176 Å². The van der Waals surface area contributed by atoms with Gasteiger partial charge in [-0.25, -0.2) is 15.0 Å². The molecule has 3 aromatic heterocycles. The number of fused-ring (bicyclic) bond motifs is 9. The number of benzene rings is 8. The van der Waals surface area contributed by atoms with Crippen molar-refractivity contribution >= 4 is 63.0 Å². The topological polar surface area (TPSA) is 38.7 Å². The quantitative estimate of drug-likeness (QED) is 0.173. The normalized spacial score (nSPS) is 21.4. The Bertz CT molecular complexity index is 3780. The van der Waals surface area contributed by atoms with Crippen LogP contribution < -0.4 is 0 Å². The molecule has 0 radical (unpaired) electrons. The number of hydrogen-bond donors (Lipinski definition) is 0. The van der Waals surface area contributed by atoms with Crippen LogP contribution in [0, 0.1) is 23.7 Å². The van der Waals surface area contributed by atoms with Crippen LogP contribution in [-0.2, 0) is 5.41 Å². The summed E-state index contributed by atoms with van der Waals surface area (Å²) in [5, 5.41) is 5.32. The van der Waals surface area contributed by atoms with E-state index in [4.69, 9.17) is 15.0 Å². The van der Waals surface area contributed by atoms with Gasteiger partial charge in [0.2, 0.25) is 0 Å². The van der Waals surface area contributed by atoms with Gasteiger partial charge in [0.25, 0.3) is 0 Å². The molecule has 3 nitrogen and oxygen atoms in total. The minimum atomic E-state index is -0.0303. The molecular formula is C61H43N3S2. The van der Waals surface area contributed by atoms with Crippen molar-refractivity contribution in [3.63, 3.8) is 0 Å². The summed E-state index contributed by atoms with van der Waals surface area (Å²) < 4.78 is 5.35. The fourth-order valence-electron chi connectivity index (χ4n) is 13.7. The molecule has 5 heteroatoms. The zero-order valence-corrected chi connectivity index (χ0v) is 37.9. The predicted molar refractivity (Wildman–Crippen MR) is 276 cm³/mol. The van der Waals surface area contributed by atoms with Crippen LogP contribution in [0.1, 0.15) is 43.2 Å². The lowest BCUT2D eigenvalue weighted by Crippen LogP contribution is -2.55. The van der Waals surface area contributed by atoms with Crippen LogP contribution in [0.15, 0.2) is 176 Å². The van der Waals surface area contributed by atoms with Crippen LogP contribution >= 0.6 is 22.7 Å². The molecule has 0 amide bonds. The van der Waals surface area contributed by atoms with Gasteiger partial charge in [-0.3, -0.25) is 0 Å². The van der Waals surface area contributed by atoms with Gasteiger partial charge in [0.1, 0.15) is 0 Å².